The molecule has 0 saturated carbocycles. The van der Waals surface area contributed by atoms with Crippen LogP contribution in [0.25, 0.3) is 0 Å². The summed E-state index contributed by atoms with van der Waals surface area (Å²) in [5, 5.41) is 23.0. The summed E-state index contributed by atoms with van der Waals surface area (Å²) in [5.41, 5.74) is 6.44. The lowest BCUT2D eigenvalue weighted by Crippen LogP contribution is -2.54. The number of carbonyl (C=O) groups excluding carboxylic acids is 1. The first-order chi connectivity index (χ1) is 14.9. The van der Waals surface area contributed by atoms with Gasteiger partial charge in [0.05, 0.1) is 5.29 Å². The first-order valence-electron chi connectivity index (χ1n) is 10.5. The maximum absolute atomic E-state index is 13.3. The van der Waals surface area contributed by atoms with E-state index in [-0.39, 0.29) is 19.4 Å². The van der Waals surface area contributed by atoms with Crippen LogP contribution in [0.15, 0.2) is 35.6 Å². The smallest absolute Gasteiger partial charge is 0.328 e. The number of carboxylic acid groups (broad SMARTS) is 2. The highest BCUT2D eigenvalue weighted by Crippen LogP contribution is 2.24. The Balaban J connectivity index is 2.25. The van der Waals surface area contributed by atoms with Crippen LogP contribution in [0.1, 0.15) is 44.1 Å². The molecule has 1 aliphatic heterocycles. The van der Waals surface area contributed by atoms with Gasteiger partial charge in [0.2, 0.25) is 5.91 Å². The quantitative estimate of drug-likeness (QED) is 0.240. The molecule has 1 amide bonds. The number of nitroso groups, excluding NO2 is 1. The minimum absolute atomic E-state index is 0.0775. The fourth-order valence-corrected chi connectivity index (χ4v) is 3.98. The third-order valence-electron chi connectivity index (χ3n) is 5.60. The van der Waals surface area contributed by atoms with Crippen LogP contribution >= 0.6 is 0 Å². The van der Waals surface area contributed by atoms with Crippen molar-refractivity contribution in [3.63, 3.8) is 0 Å². The summed E-state index contributed by atoms with van der Waals surface area (Å²) < 4.78 is 0. The molecule has 2 rings (SSSR count). The summed E-state index contributed by atoms with van der Waals surface area (Å²) in [5.74, 6) is -2.95. The molecular formula is C21H30N4O6. The van der Waals surface area contributed by atoms with Gasteiger partial charge < -0.3 is 20.8 Å². The van der Waals surface area contributed by atoms with Gasteiger partial charge in [-0.3, -0.25) is 4.79 Å². The minimum Gasteiger partial charge on any atom is -0.480 e. The fourth-order valence-electron chi connectivity index (χ4n) is 3.98. The minimum atomic E-state index is -1.31. The Labute approximate surface area is 180 Å². The number of hydrogen-bond donors (Lipinski definition) is 3. The SMILES string of the molecule is NCCCC[C@@H](C(=O)N1CCC[C@H]1C(=O)O)N(N=O)[C@@H](CCc1ccccc1)C(=O)O. The van der Waals surface area contributed by atoms with Crippen LogP contribution in [0.3, 0.4) is 0 Å². The van der Waals surface area contributed by atoms with Crippen molar-refractivity contribution in [1.29, 1.82) is 0 Å². The summed E-state index contributed by atoms with van der Waals surface area (Å²) in [6.07, 6.45) is 2.55. The average Bonchev–Trinajstić information content (AvgIpc) is 3.25. The Hall–Kier alpha value is -3.01. The molecule has 0 bridgehead atoms. The van der Waals surface area contributed by atoms with Gasteiger partial charge in [0, 0.05) is 6.54 Å². The third-order valence-corrected chi connectivity index (χ3v) is 5.60. The number of nitrogens with two attached hydrogens (primary N) is 1. The predicted octanol–water partition coefficient (Wildman–Crippen LogP) is 1.63. The summed E-state index contributed by atoms with van der Waals surface area (Å²) in [6, 6.07) is 5.77. The van der Waals surface area contributed by atoms with Crippen molar-refractivity contribution in [2.45, 2.75) is 63.1 Å². The highest BCUT2D eigenvalue weighted by Gasteiger charge is 2.42. The van der Waals surface area contributed by atoms with Crippen molar-refractivity contribution in [1.82, 2.24) is 9.91 Å². The van der Waals surface area contributed by atoms with Gasteiger partial charge in [-0.1, -0.05) is 30.3 Å². The molecule has 1 aromatic rings. The Morgan fingerprint density at radius 2 is 1.84 bits per heavy atom. The Bertz CT molecular complexity index is 759. The monoisotopic (exact) mass is 434 g/mol. The number of carbonyl (C=O) groups is 3. The number of unbranched alkanes of at least 4 members (excludes halogenated alkanes) is 1. The Morgan fingerprint density at radius 1 is 1.13 bits per heavy atom. The molecule has 31 heavy (non-hydrogen) atoms. The summed E-state index contributed by atoms with van der Waals surface area (Å²) >= 11 is 0. The van der Waals surface area contributed by atoms with E-state index in [0.29, 0.717) is 38.6 Å². The van der Waals surface area contributed by atoms with E-state index in [9.17, 15) is 29.5 Å². The van der Waals surface area contributed by atoms with Crippen molar-refractivity contribution >= 4 is 17.8 Å². The summed E-state index contributed by atoms with van der Waals surface area (Å²) in [7, 11) is 0. The van der Waals surface area contributed by atoms with E-state index in [1.54, 1.807) is 0 Å². The van der Waals surface area contributed by atoms with E-state index in [0.717, 1.165) is 10.6 Å². The Morgan fingerprint density at radius 3 is 2.42 bits per heavy atom. The molecule has 0 radical (unpaired) electrons. The molecule has 1 fully saturated rings. The normalized spacial score (nSPS) is 17.7. The number of aliphatic carboxylic acids is 2. The molecule has 0 spiro atoms. The average molecular weight is 434 g/mol. The molecule has 0 aliphatic carbocycles. The van der Waals surface area contributed by atoms with Gasteiger partial charge >= 0.3 is 11.9 Å². The molecule has 0 aromatic heterocycles. The van der Waals surface area contributed by atoms with Crippen molar-refractivity contribution in [2.24, 2.45) is 11.0 Å². The van der Waals surface area contributed by atoms with E-state index in [4.69, 9.17) is 5.73 Å². The number of aryl methyl sites for hydroxylation is 1. The third kappa shape index (κ3) is 6.48. The van der Waals surface area contributed by atoms with E-state index in [1.807, 2.05) is 30.3 Å². The van der Waals surface area contributed by atoms with Crippen LogP contribution in [0.5, 0.6) is 0 Å². The largest absolute Gasteiger partial charge is 0.480 e. The molecule has 1 aliphatic rings. The number of nitrogens with zero attached hydrogens (tertiary/aromatic N) is 3. The van der Waals surface area contributed by atoms with Crippen LogP contribution in [-0.2, 0) is 20.8 Å². The fraction of sp³-hybridized carbons (Fsp3) is 0.571. The van der Waals surface area contributed by atoms with E-state index in [1.165, 1.54) is 4.90 Å². The number of rotatable bonds is 13. The van der Waals surface area contributed by atoms with Crippen molar-refractivity contribution < 1.29 is 24.6 Å². The zero-order valence-electron chi connectivity index (χ0n) is 17.4. The second kappa shape index (κ2) is 12.0. The zero-order valence-corrected chi connectivity index (χ0v) is 17.4. The van der Waals surface area contributed by atoms with Gasteiger partial charge in [-0.05, 0) is 57.1 Å². The van der Waals surface area contributed by atoms with E-state index >= 15 is 0 Å². The van der Waals surface area contributed by atoms with Gasteiger partial charge in [0.15, 0.2) is 0 Å². The zero-order chi connectivity index (χ0) is 22.8. The maximum Gasteiger partial charge on any atom is 0.328 e. The first kappa shape index (κ1) is 24.3. The first-order valence-corrected chi connectivity index (χ1v) is 10.5. The molecule has 4 N–H and O–H groups in total. The molecule has 1 saturated heterocycles. The number of amides is 1. The second-order valence-corrected chi connectivity index (χ2v) is 7.67. The molecule has 1 heterocycles. The van der Waals surface area contributed by atoms with Crippen LogP contribution in [0.2, 0.25) is 0 Å². The molecule has 10 heteroatoms. The van der Waals surface area contributed by atoms with Crippen LogP contribution in [0.4, 0.5) is 0 Å². The summed E-state index contributed by atoms with van der Waals surface area (Å²) in [6.45, 7) is 0.630. The van der Waals surface area contributed by atoms with Gasteiger partial charge in [-0.15, -0.1) is 4.91 Å². The number of hydrogen-bond acceptors (Lipinski definition) is 6. The highest BCUT2D eigenvalue weighted by molar-refractivity contribution is 5.88. The standard InChI is InChI=1S/C21H30N4O6/c22-13-5-4-9-16(19(26)24-14-6-10-17(24)20(27)28)25(23-31)18(21(29)30)12-11-15-7-2-1-3-8-15/h1-3,7-8,16-18H,4-6,9-14,22H2,(H,27,28)(H,29,30)/t16-,17-,18-/m0/s1. The van der Waals surface area contributed by atoms with Gasteiger partial charge in [0.1, 0.15) is 18.1 Å². The van der Waals surface area contributed by atoms with Gasteiger partial charge in [-0.25, -0.2) is 14.6 Å². The molecule has 170 valence electrons. The number of carboxylic acids is 2. The predicted molar refractivity (Wildman–Crippen MR) is 113 cm³/mol. The lowest BCUT2D eigenvalue weighted by Gasteiger charge is -2.34. The van der Waals surface area contributed by atoms with Crippen molar-refractivity contribution in [3.05, 3.63) is 40.8 Å². The number of benzene rings is 1. The van der Waals surface area contributed by atoms with Gasteiger partial charge in [-0.2, -0.15) is 0 Å². The maximum atomic E-state index is 13.3. The highest BCUT2D eigenvalue weighted by atomic mass is 16.4. The van der Waals surface area contributed by atoms with Gasteiger partial charge in [0.25, 0.3) is 0 Å². The Kier molecular flexibility index (Phi) is 9.39. The van der Waals surface area contributed by atoms with E-state index < -0.39 is 36.0 Å². The van der Waals surface area contributed by atoms with Crippen LogP contribution < -0.4 is 5.73 Å². The van der Waals surface area contributed by atoms with Crippen molar-refractivity contribution in [3.8, 4) is 0 Å². The van der Waals surface area contributed by atoms with Crippen LogP contribution in [0, 0.1) is 4.91 Å². The molecule has 0 unspecified atom stereocenters. The van der Waals surface area contributed by atoms with E-state index in [2.05, 4.69) is 5.29 Å². The van der Waals surface area contributed by atoms with Crippen LogP contribution in [-0.4, -0.2) is 69.2 Å². The lowest BCUT2D eigenvalue weighted by atomic mass is 10.0. The molecular weight excluding hydrogens is 404 g/mol. The molecule has 1 aromatic carbocycles. The lowest BCUT2D eigenvalue weighted by molar-refractivity contribution is -0.154. The molecule has 3 atom stereocenters. The second-order valence-electron chi connectivity index (χ2n) is 7.67. The van der Waals surface area contributed by atoms with Crippen molar-refractivity contribution in [2.75, 3.05) is 13.1 Å². The topological polar surface area (TPSA) is 154 Å². The number of likely N-dealkylation sites (tertiary alicyclic amines) is 1. The molecule has 10 nitrogen and oxygen atoms in total. The summed E-state index contributed by atoms with van der Waals surface area (Å²) in [4.78, 5) is 49.8.